The van der Waals surface area contributed by atoms with Gasteiger partial charge in [-0.25, -0.2) is 9.67 Å². The summed E-state index contributed by atoms with van der Waals surface area (Å²) in [4.78, 5) is 14.4. The molecule has 11 heavy (non-hydrogen) atoms. The Hall–Kier alpha value is -1.19. The molecule has 1 unspecified atom stereocenters. The standard InChI is InChI=1S/C7H11N3O/c1-3-10-7(6(2)4-11)8-5-9-10/h4-6H,3H2,1-2H3. The highest BCUT2D eigenvalue weighted by Gasteiger charge is 2.09. The van der Waals surface area contributed by atoms with E-state index in [9.17, 15) is 4.79 Å². The van der Waals surface area contributed by atoms with E-state index in [-0.39, 0.29) is 5.92 Å². The summed E-state index contributed by atoms with van der Waals surface area (Å²) in [6.45, 7) is 4.53. The molecule has 60 valence electrons. The van der Waals surface area contributed by atoms with Crippen molar-refractivity contribution in [2.45, 2.75) is 26.3 Å². The predicted molar refractivity (Wildman–Crippen MR) is 40.2 cm³/mol. The van der Waals surface area contributed by atoms with Crippen LogP contribution in [0.2, 0.25) is 0 Å². The van der Waals surface area contributed by atoms with Gasteiger partial charge >= 0.3 is 0 Å². The summed E-state index contributed by atoms with van der Waals surface area (Å²) in [7, 11) is 0. The van der Waals surface area contributed by atoms with Crippen molar-refractivity contribution in [2.75, 3.05) is 0 Å². The third-order valence-corrected chi connectivity index (χ3v) is 1.56. The Bertz CT molecular complexity index is 244. The number of aromatic nitrogens is 3. The van der Waals surface area contributed by atoms with E-state index < -0.39 is 0 Å². The molecule has 1 aromatic heterocycles. The zero-order valence-corrected chi connectivity index (χ0v) is 6.69. The molecule has 0 saturated heterocycles. The molecule has 0 aliphatic heterocycles. The third kappa shape index (κ3) is 1.45. The number of aldehydes is 1. The quantitative estimate of drug-likeness (QED) is 0.597. The largest absolute Gasteiger partial charge is 0.303 e. The van der Waals surface area contributed by atoms with Gasteiger partial charge in [0.05, 0.1) is 5.92 Å². The molecule has 0 aromatic carbocycles. The van der Waals surface area contributed by atoms with Crippen molar-refractivity contribution in [3.8, 4) is 0 Å². The molecule has 1 heterocycles. The molecule has 0 aliphatic rings. The van der Waals surface area contributed by atoms with E-state index in [1.165, 1.54) is 6.33 Å². The number of hydrogen-bond donors (Lipinski definition) is 0. The topological polar surface area (TPSA) is 47.8 Å². The second kappa shape index (κ2) is 3.27. The molecule has 1 rings (SSSR count). The number of nitrogens with zero attached hydrogens (tertiary/aromatic N) is 3. The summed E-state index contributed by atoms with van der Waals surface area (Å²) in [5.74, 6) is 0.583. The van der Waals surface area contributed by atoms with Crippen molar-refractivity contribution in [2.24, 2.45) is 0 Å². The molecule has 0 bridgehead atoms. The summed E-state index contributed by atoms with van der Waals surface area (Å²) in [6, 6.07) is 0. The van der Waals surface area contributed by atoms with Crippen LogP contribution in [0.25, 0.3) is 0 Å². The van der Waals surface area contributed by atoms with Gasteiger partial charge in [-0.05, 0) is 13.8 Å². The van der Waals surface area contributed by atoms with Gasteiger partial charge in [0.25, 0.3) is 0 Å². The minimum atomic E-state index is -0.155. The molecule has 4 nitrogen and oxygen atoms in total. The van der Waals surface area contributed by atoms with Crippen LogP contribution in [0, 0.1) is 0 Å². The molecule has 0 spiro atoms. The summed E-state index contributed by atoms with van der Waals surface area (Å²) < 4.78 is 1.72. The van der Waals surface area contributed by atoms with E-state index >= 15 is 0 Å². The maximum Gasteiger partial charge on any atom is 0.138 e. The molecule has 4 heteroatoms. The van der Waals surface area contributed by atoms with Gasteiger partial charge in [0, 0.05) is 6.54 Å². The number of hydrogen-bond acceptors (Lipinski definition) is 3. The zero-order valence-electron chi connectivity index (χ0n) is 6.69. The molecule has 0 fully saturated rings. The lowest BCUT2D eigenvalue weighted by Crippen LogP contribution is -2.07. The average molecular weight is 153 g/mol. The van der Waals surface area contributed by atoms with Crippen molar-refractivity contribution in [1.29, 1.82) is 0 Å². The monoisotopic (exact) mass is 153 g/mol. The molecular formula is C7H11N3O. The summed E-state index contributed by atoms with van der Waals surface area (Å²) in [5.41, 5.74) is 0. The molecule has 1 aromatic rings. The number of rotatable bonds is 3. The fourth-order valence-corrected chi connectivity index (χ4v) is 0.930. The minimum Gasteiger partial charge on any atom is -0.303 e. The molecule has 0 amide bonds. The van der Waals surface area contributed by atoms with E-state index in [1.54, 1.807) is 4.68 Å². The molecule has 0 N–H and O–H groups in total. The first-order valence-corrected chi connectivity index (χ1v) is 3.62. The van der Waals surface area contributed by atoms with Gasteiger partial charge < -0.3 is 4.79 Å². The fraction of sp³-hybridized carbons (Fsp3) is 0.571. The van der Waals surface area contributed by atoms with Crippen molar-refractivity contribution >= 4 is 6.29 Å². The van der Waals surface area contributed by atoms with Gasteiger partial charge in [0.15, 0.2) is 0 Å². The van der Waals surface area contributed by atoms with E-state index in [0.717, 1.165) is 18.7 Å². The smallest absolute Gasteiger partial charge is 0.138 e. The molecule has 0 saturated carbocycles. The Morgan fingerprint density at radius 3 is 3.09 bits per heavy atom. The van der Waals surface area contributed by atoms with Crippen LogP contribution in [0.15, 0.2) is 6.33 Å². The molecule has 0 radical (unpaired) electrons. The van der Waals surface area contributed by atoms with Crippen molar-refractivity contribution in [1.82, 2.24) is 14.8 Å². The Morgan fingerprint density at radius 2 is 2.55 bits per heavy atom. The second-order valence-corrected chi connectivity index (χ2v) is 2.36. The maximum absolute atomic E-state index is 10.4. The Labute approximate surface area is 65.2 Å². The first kappa shape index (κ1) is 7.91. The van der Waals surface area contributed by atoms with Gasteiger partial charge in [-0.2, -0.15) is 5.10 Å². The highest BCUT2D eigenvalue weighted by atomic mass is 16.1. The van der Waals surface area contributed by atoms with Crippen molar-refractivity contribution < 1.29 is 4.79 Å². The maximum atomic E-state index is 10.4. The first-order chi connectivity index (χ1) is 5.29. The minimum absolute atomic E-state index is 0.155. The number of carbonyl (C=O) groups excluding carboxylic acids is 1. The Morgan fingerprint density at radius 1 is 1.82 bits per heavy atom. The van der Waals surface area contributed by atoms with Gasteiger partial charge in [-0.1, -0.05) is 0 Å². The van der Waals surface area contributed by atoms with Crippen LogP contribution in [0.4, 0.5) is 0 Å². The Balaban J connectivity index is 2.91. The van der Waals surface area contributed by atoms with E-state index in [4.69, 9.17) is 0 Å². The Kier molecular flexibility index (Phi) is 2.36. The van der Waals surface area contributed by atoms with Crippen LogP contribution >= 0.6 is 0 Å². The average Bonchev–Trinajstić information content (AvgIpc) is 2.50. The van der Waals surface area contributed by atoms with Crippen LogP contribution in [-0.4, -0.2) is 21.1 Å². The first-order valence-electron chi connectivity index (χ1n) is 3.62. The van der Waals surface area contributed by atoms with Gasteiger partial charge in [-0.15, -0.1) is 0 Å². The van der Waals surface area contributed by atoms with Crippen LogP contribution in [0.5, 0.6) is 0 Å². The highest BCUT2D eigenvalue weighted by Crippen LogP contribution is 2.07. The molecule has 1 atom stereocenters. The summed E-state index contributed by atoms with van der Waals surface area (Å²) in [5, 5.41) is 3.95. The van der Waals surface area contributed by atoms with Crippen LogP contribution in [0.3, 0.4) is 0 Å². The normalized spacial score (nSPS) is 12.9. The SMILES string of the molecule is CCn1ncnc1C(C)C=O. The van der Waals surface area contributed by atoms with Crippen molar-refractivity contribution in [3.63, 3.8) is 0 Å². The van der Waals surface area contributed by atoms with Gasteiger partial charge in [0.1, 0.15) is 18.4 Å². The van der Waals surface area contributed by atoms with Gasteiger partial charge in [-0.3, -0.25) is 0 Å². The van der Waals surface area contributed by atoms with Crippen LogP contribution in [0.1, 0.15) is 25.6 Å². The predicted octanol–water partition coefficient (Wildman–Crippen LogP) is 0.600. The van der Waals surface area contributed by atoms with E-state index in [0.29, 0.717) is 0 Å². The van der Waals surface area contributed by atoms with E-state index in [1.807, 2.05) is 13.8 Å². The van der Waals surface area contributed by atoms with Gasteiger partial charge in [0.2, 0.25) is 0 Å². The number of aryl methyl sites for hydroxylation is 1. The van der Waals surface area contributed by atoms with E-state index in [2.05, 4.69) is 10.1 Å². The van der Waals surface area contributed by atoms with Crippen molar-refractivity contribution in [3.05, 3.63) is 12.2 Å². The third-order valence-electron chi connectivity index (χ3n) is 1.56. The summed E-state index contributed by atoms with van der Waals surface area (Å²) >= 11 is 0. The lowest BCUT2D eigenvalue weighted by atomic mass is 10.2. The second-order valence-electron chi connectivity index (χ2n) is 2.36. The summed E-state index contributed by atoms with van der Waals surface area (Å²) in [6.07, 6.45) is 2.34. The molecular weight excluding hydrogens is 142 g/mol. The fourth-order valence-electron chi connectivity index (χ4n) is 0.930. The van der Waals surface area contributed by atoms with Crippen LogP contribution in [-0.2, 0) is 11.3 Å². The molecule has 0 aliphatic carbocycles. The highest BCUT2D eigenvalue weighted by molar-refractivity contribution is 5.59. The lowest BCUT2D eigenvalue weighted by Gasteiger charge is -2.03. The van der Waals surface area contributed by atoms with Crippen LogP contribution < -0.4 is 0 Å². The number of carbonyl (C=O) groups is 1. The zero-order chi connectivity index (χ0) is 8.27. The lowest BCUT2D eigenvalue weighted by molar-refractivity contribution is -0.108.